The van der Waals surface area contributed by atoms with Gasteiger partial charge in [-0.25, -0.2) is 0 Å². The molecule has 1 unspecified atom stereocenters. The molecule has 5 nitrogen and oxygen atoms in total. The fourth-order valence-corrected chi connectivity index (χ4v) is 2.78. The number of nitrogens with zero attached hydrogens (tertiary/aromatic N) is 2. The van der Waals surface area contributed by atoms with E-state index in [1.54, 1.807) is 13.0 Å². The Morgan fingerprint density at radius 3 is 2.52 bits per heavy atom. The molecule has 1 aromatic heterocycles. The van der Waals surface area contributed by atoms with Crippen molar-refractivity contribution in [2.75, 3.05) is 0 Å². The number of aryl methyl sites for hydroxylation is 1. The Morgan fingerprint density at radius 2 is 1.84 bits per heavy atom. The van der Waals surface area contributed by atoms with Crippen LogP contribution in [0.3, 0.4) is 0 Å². The molecule has 0 aliphatic carbocycles. The summed E-state index contributed by atoms with van der Waals surface area (Å²) in [5.41, 5.74) is 1.83. The minimum atomic E-state index is -0.284. The van der Waals surface area contributed by atoms with Crippen molar-refractivity contribution in [2.45, 2.75) is 25.8 Å². The molecule has 3 aromatic rings. The van der Waals surface area contributed by atoms with Gasteiger partial charge in [-0.15, -0.1) is 10.2 Å². The second kappa shape index (κ2) is 7.94. The zero-order chi connectivity index (χ0) is 17.6. The molecular formula is C19H18ClN3O2. The molecule has 25 heavy (non-hydrogen) atoms. The first kappa shape index (κ1) is 17.2. The molecule has 0 spiro atoms. The zero-order valence-electron chi connectivity index (χ0n) is 13.8. The van der Waals surface area contributed by atoms with Gasteiger partial charge in [-0.2, -0.15) is 0 Å². The Morgan fingerprint density at radius 1 is 1.12 bits per heavy atom. The largest absolute Gasteiger partial charge is 0.425 e. The molecule has 6 heteroatoms. The van der Waals surface area contributed by atoms with Crippen LogP contribution in [0.2, 0.25) is 5.02 Å². The average Bonchev–Trinajstić information content (AvgIpc) is 3.06. The van der Waals surface area contributed by atoms with Gasteiger partial charge in [-0.1, -0.05) is 60.1 Å². The van der Waals surface area contributed by atoms with Crippen molar-refractivity contribution in [3.63, 3.8) is 0 Å². The van der Waals surface area contributed by atoms with Gasteiger partial charge in [0.25, 0.3) is 0 Å². The molecule has 0 fully saturated rings. The summed E-state index contributed by atoms with van der Waals surface area (Å²) in [6, 6.07) is 17.1. The van der Waals surface area contributed by atoms with Gasteiger partial charge in [-0.05, 0) is 17.2 Å². The first-order valence-electron chi connectivity index (χ1n) is 7.98. The summed E-state index contributed by atoms with van der Waals surface area (Å²) in [4.78, 5) is 12.4. The maximum absolute atomic E-state index is 12.4. The van der Waals surface area contributed by atoms with Gasteiger partial charge in [0.15, 0.2) is 0 Å². The highest BCUT2D eigenvalue weighted by atomic mass is 35.5. The molecule has 0 aliphatic heterocycles. The number of carbonyl (C=O) groups excluding carboxylic acids is 1. The Labute approximate surface area is 151 Å². The van der Waals surface area contributed by atoms with Crippen molar-refractivity contribution >= 4 is 17.5 Å². The summed E-state index contributed by atoms with van der Waals surface area (Å²) in [5.74, 6) is 0.530. The average molecular weight is 356 g/mol. The lowest BCUT2D eigenvalue weighted by Gasteiger charge is -2.14. The molecule has 1 atom stereocenters. The number of rotatable bonds is 6. The van der Waals surface area contributed by atoms with Crippen molar-refractivity contribution < 1.29 is 9.21 Å². The molecule has 1 amide bonds. The predicted molar refractivity (Wildman–Crippen MR) is 95.2 cm³/mol. The van der Waals surface area contributed by atoms with Crippen LogP contribution < -0.4 is 5.32 Å². The lowest BCUT2D eigenvalue weighted by atomic mass is 9.95. The number of halogens is 1. The third-order valence-corrected chi connectivity index (χ3v) is 4.23. The van der Waals surface area contributed by atoms with E-state index in [1.807, 2.05) is 48.5 Å². The van der Waals surface area contributed by atoms with Crippen LogP contribution in [0.4, 0.5) is 0 Å². The maximum atomic E-state index is 12.4. The van der Waals surface area contributed by atoms with E-state index in [0.29, 0.717) is 23.3 Å². The second-order valence-electron chi connectivity index (χ2n) is 5.69. The quantitative estimate of drug-likeness (QED) is 0.728. The first-order chi connectivity index (χ1) is 12.1. The number of nitrogens with one attached hydrogen (secondary N) is 1. The standard InChI is InChI=1S/C19H18ClN3O2/c1-13-22-23-19(25-13)16(14-7-3-2-4-8-14)11-18(24)21-12-15-9-5-6-10-17(15)20/h2-10,16H,11-12H2,1H3,(H,21,24). The molecule has 0 saturated heterocycles. The zero-order valence-corrected chi connectivity index (χ0v) is 14.5. The summed E-state index contributed by atoms with van der Waals surface area (Å²) >= 11 is 6.12. The number of carbonyl (C=O) groups is 1. The Hall–Kier alpha value is -2.66. The lowest BCUT2D eigenvalue weighted by molar-refractivity contribution is -0.121. The van der Waals surface area contributed by atoms with Gasteiger partial charge in [0.05, 0.1) is 5.92 Å². The normalized spacial score (nSPS) is 11.9. The SMILES string of the molecule is Cc1nnc(C(CC(=O)NCc2ccccc2Cl)c2ccccc2)o1. The molecule has 128 valence electrons. The van der Waals surface area contributed by atoms with E-state index in [0.717, 1.165) is 11.1 Å². The van der Waals surface area contributed by atoms with E-state index in [1.165, 1.54) is 0 Å². The Balaban J connectivity index is 1.72. The smallest absolute Gasteiger partial charge is 0.224 e. The molecule has 0 saturated carbocycles. The Bertz CT molecular complexity index is 849. The van der Waals surface area contributed by atoms with Crippen molar-refractivity contribution in [2.24, 2.45) is 0 Å². The van der Waals surface area contributed by atoms with Gasteiger partial charge in [-0.3, -0.25) is 4.79 Å². The fraction of sp³-hybridized carbons (Fsp3) is 0.211. The highest BCUT2D eigenvalue weighted by Crippen LogP contribution is 2.27. The van der Waals surface area contributed by atoms with E-state index in [9.17, 15) is 4.79 Å². The molecule has 1 N–H and O–H groups in total. The molecule has 0 aliphatic rings. The van der Waals surface area contributed by atoms with E-state index < -0.39 is 0 Å². The summed E-state index contributed by atoms with van der Waals surface area (Å²) in [6.07, 6.45) is 0.218. The summed E-state index contributed by atoms with van der Waals surface area (Å²) in [5, 5.41) is 11.5. The monoisotopic (exact) mass is 355 g/mol. The fourth-order valence-electron chi connectivity index (χ4n) is 2.58. The number of amides is 1. The summed E-state index contributed by atoms with van der Waals surface area (Å²) < 4.78 is 5.56. The van der Waals surface area contributed by atoms with Crippen molar-refractivity contribution in [1.29, 1.82) is 0 Å². The van der Waals surface area contributed by atoms with E-state index in [-0.39, 0.29) is 18.2 Å². The highest BCUT2D eigenvalue weighted by Gasteiger charge is 2.23. The van der Waals surface area contributed by atoms with Gasteiger partial charge in [0.2, 0.25) is 17.7 Å². The summed E-state index contributed by atoms with van der Waals surface area (Å²) in [7, 11) is 0. The molecule has 2 aromatic carbocycles. The molecule has 1 heterocycles. The number of benzene rings is 2. The van der Waals surface area contributed by atoms with Crippen LogP contribution in [-0.2, 0) is 11.3 Å². The van der Waals surface area contributed by atoms with Crippen molar-refractivity contribution in [3.8, 4) is 0 Å². The van der Waals surface area contributed by atoms with Gasteiger partial charge >= 0.3 is 0 Å². The van der Waals surface area contributed by atoms with Gasteiger partial charge in [0, 0.05) is 24.9 Å². The minimum absolute atomic E-state index is 0.107. The van der Waals surface area contributed by atoms with E-state index >= 15 is 0 Å². The highest BCUT2D eigenvalue weighted by molar-refractivity contribution is 6.31. The number of hydrogen-bond donors (Lipinski definition) is 1. The third-order valence-electron chi connectivity index (χ3n) is 3.87. The number of aromatic nitrogens is 2. The topological polar surface area (TPSA) is 68.0 Å². The lowest BCUT2D eigenvalue weighted by Crippen LogP contribution is -2.25. The first-order valence-corrected chi connectivity index (χ1v) is 8.36. The molecular weight excluding hydrogens is 338 g/mol. The van der Waals surface area contributed by atoms with Crippen LogP contribution in [-0.4, -0.2) is 16.1 Å². The third kappa shape index (κ3) is 4.45. The number of hydrogen-bond acceptors (Lipinski definition) is 4. The van der Waals surface area contributed by atoms with Crippen LogP contribution in [0.1, 0.15) is 35.2 Å². The van der Waals surface area contributed by atoms with Crippen molar-refractivity contribution in [3.05, 3.63) is 82.5 Å². The van der Waals surface area contributed by atoms with E-state index in [4.69, 9.17) is 16.0 Å². The summed E-state index contributed by atoms with van der Waals surface area (Å²) in [6.45, 7) is 2.11. The van der Waals surface area contributed by atoms with Crippen LogP contribution in [0.5, 0.6) is 0 Å². The maximum Gasteiger partial charge on any atom is 0.224 e. The van der Waals surface area contributed by atoms with Crippen LogP contribution >= 0.6 is 11.6 Å². The molecule has 0 radical (unpaired) electrons. The Kier molecular flexibility index (Phi) is 5.46. The van der Waals surface area contributed by atoms with Crippen LogP contribution in [0, 0.1) is 6.92 Å². The second-order valence-corrected chi connectivity index (χ2v) is 6.10. The van der Waals surface area contributed by atoms with Crippen molar-refractivity contribution in [1.82, 2.24) is 15.5 Å². The van der Waals surface area contributed by atoms with Crippen LogP contribution in [0.15, 0.2) is 59.0 Å². The molecule has 0 bridgehead atoms. The van der Waals surface area contributed by atoms with Crippen LogP contribution in [0.25, 0.3) is 0 Å². The van der Waals surface area contributed by atoms with E-state index in [2.05, 4.69) is 15.5 Å². The molecule has 3 rings (SSSR count). The van der Waals surface area contributed by atoms with Gasteiger partial charge < -0.3 is 9.73 Å². The predicted octanol–water partition coefficient (Wildman–Crippen LogP) is 3.87. The van der Waals surface area contributed by atoms with Gasteiger partial charge in [0.1, 0.15) is 0 Å². The minimum Gasteiger partial charge on any atom is -0.425 e.